The lowest BCUT2D eigenvalue weighted by atomic mass is 10.3. The molecule has 0 radical (unpaired) electrons. The summed E-state index contributed by atoms with van der Waals surface area (Å²) in [5, 5.41) is 3.02. The van der Waals surface area contributed by atoms with Crippen LogP contribution in [0.3, 0.4) is 0 Å². The third-order valence-electron chi connectivity index (χ3n) is 1.97. The standard InChI is InChI=1S/C10H13BrF3N3/c1-2-5-15-9-7(11)6-16-8(17-9)3-4-10(12,13)14/h6H,2-5H2,1H3,(H,15,16,17). The highest BCUT2D eigenvalue weighted by Crippen LogP contribution is 2.23. The maximum absolute atomic E-state index is 12.0. The molecule has 0 aliphatic carbocycles. The summed E-state index contributed by atoms with van der Waals surface area (Å²) in [6, 6.07) is 0. The van der Waals surface area contributed by atoms with E-state index in [2.05, 4.69) is 31.2 Å². The van der Waals surface area contributed by atoms with E-state index in [1.165, 1.54) is 6.20 Å². The van der Waals surface area contributed by atoms with E-state index >= 15 is 0 Å². The second kappa shape index (κ2) is 6.18. The van der Waals surface area contributed by atoms with E-state index in [1.807, 2.05) is 6.92 Å². The second-order valence-corrected chi connectivity index (χ2v) is 4.38. The smallest absolute Gasteiger partial charge is 0.369 e. The SMILES string of the molecule is CCCNc1nc(CCC(F)(F)F)ncc1Br. The molecule has 0 atom stereocenters. The molecule has 1 heterocycles. The molecule has 0 saturated carbocycles. The fourth-order valence-electron chi connectivity index (χ4n) is 1.15. The fourth-order valence-corrected chi connectivity index (χ4v) is 1.48. The third kappa shape index (κ3) is 5.34. The van der Waals surface area contributed by atoms with Crippen molar-refractivity contribution in [3.63, 3.8) is 0 Å². The van der Waals surface area contributed by atoms with Gasteiger partial charge in [-0.25, -0.2) is 9.97 Å². The first-order valence-electron chi connectivity index (χ1n) is 5.24. The van der Waals surface area contributed by atoms with Gasteiger partial charge in [-0.1, -0.05) is 6.92 Å². The van der Waals surface area contributed by atoms with Crippen molar-refractivity contribution in [3.05, 3.63) is 16.5 Å². The lowest BCUT2D eigenvalue weighted by Gasteiger charge is -2.09. The van der Waals surface area contributed by atoms with Crippen LogP contribution >= 0.6 is 15.9 Å². The summed E-state index contributed by atoms with van der Waals surface area (Å²) in [5.74, 6) is 0.739. The molecular weight excluding hydrogens is 299 g/mol. The normalized spacial score (nSPS) is 11.6. The van der Waals surface area contributed by atoms with E-state index in [1.54, 1.807) is 0 Å². The van der Waals surface area contributed by atoms with E-state index in [-0.39, 0.29) is 12.2 Å². The third-order valence-corrected chi connectivity index (χ3v) is 2.55. The number of hydrogen-bond donors (Lipinski definition) is 1. The Balaban J connectivity index is 2.67. The molecular formula is C10H13BrF3N3. The topological polar surface area (TPSA) is 37.8 Å². The van der Waals surface area contributed by atoms with Crippen molar-refractivity contribution in [2.45, 2.75) is 32.4 Å². The first-order valence-corrected chi connectivity index (χ1v) is 6.03. The van der Waals surface area contributed by atoms with Crippen molar-refractivity contribution in [1.29, 1.82) is 0 Å². The molecule has 17 heavy (non-hydrogen) atoms. The molecule has 0 amide bonds. The minimum Gasteiger partial charge on any atom is -0.369 e. The lowest BCUT2D eigenvalue weighted by Crippen LogP contribution is -2.11. The summed E-state index contributed by atoms with van der Waals surface area (Å²) in [6.45, 7) is 2.71. The number of nitrogens with one attached hydrogen (secondary N) is 1. The molecule has 0 spiro atoms. The summed E-state index contributed by atoms with van der Waals surface area (Å²) in [5.41, 5.74) is 0. The number of aryl methyl sites for hydroxylation is 1. The van der Waals surface area contributed by atoms with Gasteiger partial charge in [0.25, 0.3) is 0 Å². The average molecular weight is 312 g/mol. The van der Waals surface area contributed by atoms with Crippen LogP contribution in [0.2, 0.25) is 0 Å². The zero-order chi connectivity index (χ0) is 12.9. The van der Waals surface area contributed by atoms with Gasteiger partial charge in [0.2, 0.25) is 0 Å². The molecule has 0 aliphatic heterocycles. The van der Waals surface area contributed by atoms with Gasteiger partial charge < -0.3 is 5.32 Å². The van der Waals surface area contributed by atoms with Crippen LogP contribution in [-0.4, -0.2) is 22.7 Å². The van der Waals surface area contributed by atoms with Crippen LogP contribution in [0.1, 0.15) is 25.6 Å². The molecule has 1 rings (SSSR count). The fraction of sp³-hybridized carbons (Fsp3) is 0.600. The van der Waals surface area contributed by atoms with Crippen LogP contribution in [0.4, 0.5) is 19.0 Å². The Morgan fingerprint density at radius 3 is 2.71 bits per heavy atom. The molecule has 96 valence electrons. The first kappa shape index (κ1) is 14.2. The Bertz CT molecular complexity index is 368. The van der Waals surface area contributed by atoms with Crippen molar-refractivity contribution in [3.8, 4) is 0 Å². The molecule has 0 aliphatic rings. The molecule has 1 aromatic rings. The number of aromatic nitrogens is 2. The van der Waals surface area contributed by atoms with Gasteiger partial charge in [-0.15, -0.1) is 0 Å². The van der Waals surface area contributed by atoms with Gasteiger partial charge in [-0.05, 0) is 22.4 Å². The molecule has 0 saturated heterocycles. The molecule has 1 aromatic heterocycles. The van der Waals surface area contributed by atoms with Crippen molar-refractivity contribution in [2.75, 3.05) is 11.9 Å². The lowest BCUT2D eigenvalue weighted by molar-refractivity contribution is -0.134. The highest BCUT2D eigenvalue weighted by Gasteiger charge is 2.27. The maximum atomic E-state index is 12.0. The first-order chi connectivity index (χ1) is 7.92. The number of halogens is 4. The predicted molar refractivity (Wildman–Crippen MR) is 62.9 cm³/mol. The summed E-state index contributed by atoms with van der Waals surface area (Å²) >= 11 is 3.24. The molecule has 0 aromatic carbocycles. The average Bonchev–Trinajstić information content (AvgIpc) is 2.25. The Hall–Kier alpha value is -0.850. The summed E-state index contributed by atoms with van der Waals surface area (Å²) in [6.07, 6.45) is -2.89. The number of alkyl halides is 3. The molecule has 3 nitrogen and oxygen atoms in total. The highest BCUT2D eigenvalue weighted by atomic mass is 79.9. The number of rotatable bonds is 5. The molecule has 7 heteroatoms. The Labute approximate surface area is 106 Å². The van der Waals surface area contributed by atoms with Crippen LogP contribution < -0.4 is 5.32 Å². The van der Waals surface area contributed by atoms with Crippen LogP contribution in [0.5, 0.6) is 0 Å². The van der Waals surface area contributed by atoms with Crippen molar-refractivity contribution < 1.29 is 13.2 Å². The van der Waals surface area contributed by atoms with Gasteiger partial charge in [0.1, 0.15) is 11.6 Å². The number of nitrogens with zero attached hydrogens (tertiary/aromatic N) is 2. The zero-order valence-corrected chi connectivity index (χ0v) is 10.9. The van der Waals surface area contributed by atoms with Crippen LogP contribution in [0.15, 0.2) is 10.7 Å². The van der Waals surface area contributed by atoms with E-state index in [9.17, 15) is 13.2 Å². The van der Waals surface area contributed by atoms with Crippen LogP contribution in [0.25, 0.3) is 0 Å². The molecule has 0 bridgehead atoms. The predicted octanol–water partition coefficient (Wildman–Crippen LogP) is 3.56. The van der Waals surface area contributed by atoms with E-state index in [0.29, 0.717) is 16.8 Å². The molecule has 0 fully saturated rings. The van der Waals surface area contributed by atoms with E-state index < -0.39 is 12.6 Å². The zero-order valence-electron chi connectivity index (χ0n) is 9.31. The van der Waals surface area contributed by atoms with Gasteiger partial charge in [0.05, 0.1) is 10.9 Å². The summed E-state index contributed by atoms with van der Waals surface area (Å²) in [7, 11) is 0. The monoisotopic (exact) mass is 311 g/mol. The second-order valence-electron chi connectivity index (χ2n) is 3.52. The minimum absolute atomic E-state index is 0.197. The van der Waals surface area contributed by atoms with Crippen molar-refractivity contribution in [2.24, 2.45) is 0 Å². The Kier molecular flexibility index (Phi) is 5.17. The van der Waals surface area contributed by atoms with Crippen molar-refractivity contribution in [1.82, 2.24) is 9.97 Å². The van der Waals surface area contributed by atoms with Gasteiger partial charge >= 0.3 is 6.18 Å². The molecule has 1 N–H and O–H groups in total. The summed E-state index contributed by atoms with van der Waals surface area (Å²) in [4.78, 5) is 7.90. The van der Waals surface area contributed by atoms with Gasteiger partial charge in [-0.3, -0.25) is 0 Å². The van der Waals surface area contributed by atoms with Crippen LogP contribution in [-0.2, 0) is 6.42 Å². The quantitative estimate of drug-likeness (QED) is 0.903. The Morgan fingerprint density at radius 1 is 1.41 bits per heavy atom. The number of hydrogen-bond acceptors (Lipinski definition) is 3. The van der Waals surface area contributed by atoms with Gasteiger partial charge in [0, 0.05) is 19.2 Å². The maximum Gasteiger partial charge on any atom is 0.389 e. The largest absolute Gasteiger partial charge is 0.389 e. The van der Waals surface area contributed by atoms with E-state index in [4.69, 9.17) is 0 Å². The van der Waals surface area contributed by atoms with Crippen LogP contribution in [0, 0.1) is 0 Å². The van der Waals surface area contributed by atoms with Crippen molar-refractivity contribution >= 4 is 21.7 Å². The number of anilines is 1. The molecule has 0 unspecified atom stereocenters. The van der Waals surface area contributed by atoms with E-state index in [0.717, 1.165) is 6.42 Å². The van der Waals surface area contributed by atoms with Gasteiger partial charge in [-0.2, -0.15) is 13.2 Å². The minimum atomic E-state index is -4.17. The Morgan fingerprint density at radius 2 is 2.12 bits per heavy atom. The highest BCUT2D eigenvalue weighted by molar-refractivity contribution is 9.10. The van der Waals surface area contributed by atoms with Gasteiger partial charge in [0.15, 0.2) is 0 Å². The summed E-state index contributed by atoms with van der Waals surface area (Å²) < 4.78 is 36.8.